The van der Waals surface area contributed by atoms with Gasteiger partial charge in [-0.2, -0.15) is 5.10 Å². The van der Waals surface area contributed by atoms with Crippen LogP contribution in [0.1, 0.15) is 23.7 Å². The molecule has 1 saturated heterocycles. The van der Waals surface area contributed by atoms with Crippen molar-refractivity contribution in [2.75, 3.05) is 13.1 Å². The van der Waals surface area contributed by atoms with Gasteiger partial charge in [0.15, 0.2) is 0 Å². The van der Waals surface area contributed by atoms with Gasteiger partial charge in [-0.05, 0) is 31.5 Å². The van der Waals surface area contributed by atoms with Gasteiger partial charge in [0.1, 0.15) is 0 Å². The van der Waals surface area contributed by atoms with Gasteiger partial charge < -0.3 is 10.0 Å². The van der Waals surface area contributed by atoms with Gasteiger partial charge in [-0.25, -0.2) is 4.68 Å². The lowest BCUT2D eigenvalue weighted by Gasteiger charge is -2.21. The molecule has 1 aromatic heterocycles. The average Bonchev–Trinajstić information content (AvgIpc) is 3.17. The molecule has 2 heterocycles. The predicted molar refractivity (Wildman–Crippen MR) is 79.8 cm³/mol. The lowest BCUT2D eigenvalue weighted by Crippen LogP contribution is -2.35. The van der Waals surface area contributed by atoms with Gasteiger partial charge in [0.2, 0.25) is 0 Å². The van der Waals surface area contributed by atoms with Crippen molar-refractivity contribution in [2.24, 2.45) is 5.41 Å². The molecule has 22 heavy (non-hydrogen) atoms. The Morgan fingerprint density at radius 1 is 1.27 bits per heavy atom. The quantitative estimate of drug-likeness (QED) is 0.938. The van der Waals surface area contributed by atoms with Crippen LogP contribution in [-0.4, -0.2) is 44.8 Å². The van der Waals surface area contributed by atoms with Crippen molar-refractivity contribution in [3.8, 4) is 5.69 Å². The zero-order valence-electron chi connectivity index (χ0n) is 12.3. The predicted octanol–water partition coefficient (Wildman–Crippen LogP) is 1.81. The summed E-state index contributed by atoms with van der Waals surface area (Å²) >= 11 is 0. The minimum Gasteiger partial charge on any atom is -0.481 e. The number of carbonyl (C=O) groups excluding carboxylic acids is 1. The molecule has 3 rings (SSSR count). The summed E-state index contributed by atoms with van der Waals surface area (Å²) in [6, 6.07) is 9.01. The van der Waals surface area contributed by atoms with Crippen LogP contribution >= 0.6 is 0 Å². The summed E-state index contributed by atoms with van der Waals surface area (Å²) < 4.78 is 1.64. The highest BCUT2D eigenvalue weighted by atomic mass is 16.4. The van der Waals surface area contributed by atoms with E-state index in [1.54, 1.807) is 47.1 Å². The van der Waals surface area contributed by atoms with Gasteiger partial charge in [0.05, 0.1) is 16.7 Å². The van der Waals surface area contributed by atoms with E-state index in [9.17, 15) is 14.7 Å². The molecule has 1 fully saturated rings. The summed E-state index contributed by atoms with van der Waals surface area (Å²) in [5, 5.41) is 13.5. The van der Waals surface area contributed by atoms with Crippen molar-refractivity contribution in [3.63, 3.8) is 0 Å². The van der Waals surface area contributed by atoms with E-state index in [-0.39, 0.29) is 12.5 Å². The molecule has 0 aliphatic carbocycles. The number of para-hydroxylation sites is 1. The Hall–Kier alpha value is -2.63. The second-order valence-electron chi connectivity index (χ2n) is 5.81. The molecule has 0 radical (unpaired) electrons. The third-order valence-electron chi connectivity index (χ3n) is 4.16. The van der Waals surface area contributed by atoms with Gasteiger partial charge in [-0.1, -0.05) is 12.1 Å². The summed E-state index contributed by atoms with van der Waals surface area (Å²) in [6.07, 6.45) is 3.90. The van der Waals surface area contributed by atoms with Crippen LogP contribution in [0.5, 0.6) is 0 Å². The van der Waals surface area contributed by atoms with E-state index in [1.165, 1.54) is 0 Å². The fourth-order valence-electron chi connectivity index (χ4n) is 2.74. The number of hydrogen-bond acceptors (Lipinski definition) is 3. The van der Waals surface area contributed by atoms with E-state index in [1.807, 2.05) is 12.1 Å². The highest BCUT2D eigenvalue weighted by Gasteiger charge is 2.42. The van der Waals surface area contributed by atoms with Gasteiger partial charge in [-0.3, -0.25) is 9.59 Å². The molecule has 1 N–H and O–H groups in total. The monoisotopic (exact) mass is 299 g/mol. The fourth-order valence-corrected chi connectivity index (χ4v) is 2.74. The van der Waals surface area contributed by atoms with Gasteiger partial charge in [-0.15, -0.1) is 0 Å². The zero-order valence-corrected chi connectivity index (χ0v) is 12.3. The summed E-state index contributed by atoms with van der Waals surface area (Å²) in [7, 11) is 0. The topological polar surface area (TPSA) is 75.4 Å². The van der Waals surface area contributed by atoms with Crippen molar-refractivity contribution < 1.29 is 14.7 Å². The molecular weight excluding hydrogens is 282 g/mol. The van der Waals surface area contributed by atoms with Crippen LogP contribution in [0, 0.1) is 5.41 Å². The molecule has 0 spiro atoms. The SMILES string of the molecule is C[C@]1(C(=O)O)CCN(C(=O)c2ccccc2-n2cccn2)C1. The first-order valence-corrected chi connectivity index (χ1v) is 7.13. The van der Waals surface area contributed by atoms with Gasteiger partial charge >= 0.3 is 5.97 Å². The Balaban J connectivity index is 1.90. The van der Waals surface area contributed by atoms with Crippen molar-refractivity contribution in [1.29, 1.82) is 0 Å². The summed E-state index contributed by atoms with van der Waals surface area (Å²) in [5.41, 5.74) is 0.360. The van der Waals surface area contributed by atoms with Crippen LogP contribution in [0.25, 0.3) is 5.69 Å². The second kappa shape index (κ2) is 5.29. The number of aliphatic carboxylic acids is 1. The number of carboxylic acids is 1. The third kappa shape index (κ3) is 2.36. The summed E-state index contributed by atoms with van der Waals surface area (Å²) in [6.45, 7) is 2.37. The highest BCUT2D eigenvalue weighted by Crippen LogP contribution is 2.31. The van der Waals surface area contributed by atoms with E-state index in [0.29, 0.717) is 24.2 Å². The lowest BCUT2D eigenvalue weighted by molar-refractivity contribution is -0.147. The Morgan fingerprint density at radius 2 is 2.05 bits per heavy atom. The number of carbonyl (C=O) groups is 2. The molecule has 6 nitrogen and oxygen atoms in total. The molecule has 0 unspecified atom stereocenters. The number of aromatic nitrogens is 2. The Labute approximate surface area is 128 Å². The maximum atomic E-state index is 12.8. The summed E-state index contributed by atoms with van der Waals surface area (Å²) in [4.78, 5) is 25.7. The highest BCUT2D eigenvalue weighted by molar-refractivity contribution is 5.98. The van der Waals surface area contributed by atoms with Crippen molar-refractivity contribution in [2.45, 2.75) is 13.3 Å². The lowest BCUT2D eigenvalue weighted by atomic mass is 9.90. The number of amides is 1. The van der Waals surface area contributed by atoms with Crippen LogP contribution in [0.15, 0.2) is 42.7 Å². The minimum atomic E-state index is -0.865. The number of benzene rings is 1. The van der Waals surface area contributed by atoms with Crippen LogP contribution in [0.3, 0.4) is 0 Å². The Bertz CT molecular complexity index is 711. The van der Waals surface area contributed by atoms with Crippen LogP contribution in [0.4, 0.5) is 0 Å². The molecular formula is C16H17N3O3. The first-order chi connectivity index (χ1) is 10.5. The van der Waals surface area contributed by atoms with E-state index in [0.717, 1.165) is 0 Å². The molecule has 6 heteroatoms. The average molecular weight is 299 g/mol. The van der Waals surface area contributed by atoms with Crippen LogP contribution in [-0.2, 0) is 4.79 Å². The molecule has 1 aliphatic heterocycles. The summed E-state index contributed by atoms with van der Waals surface area (Å²) in [5.74, 6) is -1.01. The first kappa shape index (κ1) is 14.3. The van der Waals surface area contributed by atoms with Crippen molar-refractivity contribution in [3.05, 3.63) is 48.3 Å². The molecule has 1 aliphatic rings. The minimum absolute atomic E-state index is 0.156. The van der Waals surface area contributed by atoms with Crippen molar-refractivity contribution in [1.82, 2.24) is 14.7 Å². The molecule has 2 aromatic rings. The number of carboxylic acid groups (broad SMARTS) is 1. The molecule has 1 amide bonds. The third-order valence-corrected chi connectivity index (χ3v) is 4.16. The smallest absolute Gasteiger partial charge is 0.311 e. The van der Waals surface area contributed by atoms with E-state index < -0.39 is 11.4 Å². The molecule has 1 atom stereocenters. The van der Waals surface area contributed by atoms with Crippen LogP contribution in [0.2, 0.25) is 0 Å². The fraction of sp³-hybridized carbons (Fsp3) is 0.312. The molecule has 0 bridgehead atoms. The van der Waals surface area contributed by atoms with E-state index in [2.05, 4.69) is 5.10 Å². The van der Waals surface area contributed by atoms with Gasteiger partial charge in [0.25, 0.3) is 5.91 Å². The van der Waals surface area contributed by atoms with Gasteiger partial charge in [0, 0.05) is 25.5 Å². The molecule has 1 aromatic carbocycles. The van der Waals surface area contributed by atoms with E-state index >= 15 is 0 Å². The standard InChI is InChI=1S/C16H17N3O3/c1-16(15(21)22)7-10-18(11-16)14(20)12-5-2-3-6-13(12)19-9-4-8-17-19/h2-6,8-9H,7,10-11H2,1H3,(H,21,22)/t16-/m0/s1. The number of likely N-dealkylation sites (tertiary alicyclic amines) is 1. The number of hydrogen-bond donors (Lipinski definition) is 1. The molecule has 0 saturated carbocycles. The largest absolute Gasteiger partial charge is 0.481 e. The Morgan fingerprint density at radius 3 is 2.68 bits per heavy atom. The number of rotatable bonds is 3. The number of nitrogens with zero attached hydrogens (tertiary/aromatic N) is 3. The Kier molecular flexibility index (Phi) is 3.44. The van der Waals surface area contributed by atoms with E-state index in [4.69, 9.17) is 0 Å². The second-order valence-corrected chi connectivity index (χ2v) is 5.81. The van der Waals surface area contributed by atoms with Crippen LogP contribution < -0.4 is 0 Å². The normalized spacial score (nSPS) is 21.0. The maximum absolute atomic E-state index is 12.8. The van der Waals surface area contributed by atoms with Crippen molar-refractivity contribution >= 4 is 11.9 Å². The first-order valence-electron chi connectivity index (χ1n) is 7.13. The molecule has 114 valence electrons. The zero-order chi connectivity index (χ0) is 15.7. The maximum Gasteiger partial charge on any atom is 0.311 e.